The number of fused-ring (bicyclic) bond motifs is 1. The first-order valence-electron chi connectivity index (χ1n) is 5.79. The first-order chi connectivity index (χ1) is 9.61. The topological polar surface area (TPSA) is 54.0 Å². The quantitative estimate of drug-likeness (QED) is 0.835. The summed E-state index contributed by atoms with van der Waals surface area (Å²) in [5.41, 5.74) is 0.463. The predicted octanol–water partition coefficient (Wildman–Crippen LogP) is 1.67. The molecular weight excluding hydrogens is 264 g/mol. The highest BCUT2D eigenvalue weighted by Gasteiger charge is 2.09. The number of benzene rings is 1. The van der Waals surface area contributed by atoms with E-state index in [0.29, 0.717) is 5.69 Å². The Bertz CT molecular complexity index is 695. The molecule has 2 rings (SSSR count). The molecule has 0 atom stereocenters. The minimum absolute atomic E-state index is 0.0421. The number of carbonyl (C=O) groups excluding carboxylic acids is 1. The highest BCUT2D eigenvalue weighted by molar-refractivity contribution is 5.93. The summed E-state index contributed by atoms with van der Waals surface area (Å²) in [4.78, 5) is 15.3. The van der Waals surface area contributed by atoms with E-state index in [1.54, 1.807) is 0 Å². The Morgan fingerprint density at radius 2 is 2.20 bits per heavy atom. The third kappa shape index (κ3) is 3.01. The minimum Gasteiger partial charge on any atom is -0.376 e. The van der Waals surface area contributed by atoms with Crippen LogP contribution in [0.25, 0.3) is 10.9 Å². The van der Waals surface area contributed by atoms with E-state index in [1.807, 2.05) is 0 Å². The number of aromatic nitrogens is 1. The van der Waals surface area contributed by atoms with Crippen LogP contribution in [0.5, 0.6) is 0 Å². The lowest BCUT2D eigenvalue weighted by Crippen LogP contribution is -2.30. The Kier molecular flexibility index (Phi) is 4.11. The van der Waals surface area contributed by atoms with Crippen molar-refractivity contribution >= 4 is 22.5 Å². The third-order valence-electron chi connectivity index (χ3n) is 2.59. The molecule has 0 fully saturated rings. The summed E-state index contributed by atoms with van der Waals surface area (Å²) < 4.78 is 26.8. The summed E-state index contributed by atoms with van der Waals surface area (Å²) in [5, 5.41) is 5.54. The average Bonchev–Trinajstić information content (AvgIpc) is 2.43. The molecule has 20 heavy (non-hydrogen) atoms. The number of anilines is 1. The largest absolute Gasteiger partial charge is 0.376 e. The van der Waals surface area contributed by atoms with E-state index in [4.69, 9.17) is 6.42 Å². The van der Waals surface area contributed by atoms with E-state index < -0.39 is 11.6 Å². The second-order valence-corrected chi connectivity index (χ2v) is 3.98. The lowest BCUT2D eigenvalue weighted by molar-refractivity contribution is -0.119. The van der Waals surface area contributed by atoms with Crippen molar-refractivity contribution in [1.82, 2.24) is 10.3 Å². The van der Waals surface area contributed by atoms with Gasteiger partial charge in [0.05, 0.1) is 13.1 Å². The van der Waals surface area contributed by atoms with Crippen molar-refractivity contribution in [1.29, 1.82) is 0 Å². The summed E-state index contributed by atoms with van der Waals surface area (Å²) in [6.07, 6.45) is 6.39. The van der Waals surface area contributed by atoms with E-state index in [9.17, 15) is 13.6 Å². The molecule has 0 aliphatic heterocycles. The number of nitrogens with zero attached hydrogens (tertiary/aromatic N) is 1. The van der Waals surface area contributed by atoms with Gasteiger partial charge in [-0.15, -0.1) is 6.42 Å². The number of halogens is 2. The monoisotopic (exact) mass is 275 g/mol. The molecule has 6 heteroatoms. The van der Waals surface area contributed by atoms with Crippen LogP contribution in [0.1, 0.15) is 0 Å². The Morgan fingerprint density at radius 3 is 2.95 bits per heavy atom. The number of rotatable bonds is 4. The van der Waals surface area contributed by atoms with Crippen molar-refractivity contribution in [2.45, 2.75) is 0 Å². The standard InChI is InChI=1S/C14H11F2N3O/c1-2-4-17-13(20)8-19-12-3-5-18-14-10(12)6-9(15)7-11(14)16/h1,3,5-7H,4,8H2,(H,17,20)(H,18,19). The molecule has 0 unspecified atom stereocenters. The fourth-order valence-corrected chi connectivity index (χ4v) is 1.72. The summed E-state index contributed by atoms with van der Waals surface area (Å²) in [7, 11) is 0. The lowest BCUT2D eigenvalue weighted by atomic mass is 10.1. The molecule has 1 aromatic heterocycles. The minimum atomic E-state index is -0.750. The molecular formula is C14H11F2N3O. The molecule has 0 aliphatic carbocycles. The van der Waals surface area contributed by atoms with Crippen molar-refractivity contribution in [3.63, 3.8) is 0 Å². The van der Waals surface area contributed by atoms with Crippen LogP contribution >= 0.6 is 0 Å². The molecule has 102 valence electrons. The highest BCUT2D eigenvalue weighted by atomic mass is 19.1. The molecule has 0 aliphatic rings. The molecule has 1 aromatic carbocycles. The van der Waals surface area contributed by atoms with Gasteiger partial charge in [0.25, 0.3) is 0 Å². The van der Waals surface area contributed by atoms with Crippen LogP contribution in [-0.2, 0) is 4.79 Å². The zero-order chi connectivity index (χ0) is 14.5. The Balaban J connectivity index is 2.23. The van der Waals surface area contributed by atoms with Crippen LogP contribution < -0.4 is 10.6 Å². The number of nitrogens with one attached hydrogen (secondary N) is 2. The zero-order valence-electron chi connectivity index (χ0n) is 10.4. The van der Waals surface area contributed by atoms with Gasteiger partial charge in [0.1, 0.15) is 11.3 Å². The van der Waals surface area contributed by atoms with E-state index in [-0.39, 0.29) is 29.9 Å². The molecule has 0 saturated heterocycles. The van der Waals surface area contributed by atoms with Crippen LogP contribution in [0.15, 0.2) is 24.4 Å². The Morgan fingerprint density at radius 1 is 1.40 bits per heavy atom. The van der Waals surface area contributed by atoms with Crippen LogP contribution in [0.4, 0.5) is 14.5 Å². The fourth-order valence-electron chi connectivity index (χ4n) is 1.72. The van der Waals surface area contributed by atoms with Gasteiger partial charge >= 0.3 is 0 Å². The smallest absolute Gasteiger partial charge is 0.240 e. The number of hydrogen-bond acceptors (Lipinski definition) is 3. The van der Waals surface area contributed by atoms with Gasteiger partial charge in [-0.3, -0.25) is 9.78 Å². The molecule has 1 amide bonds. The highest BCUT2D eigenvalue weighted by Crippen LogP contribution is 2.24. The van der Waals surface area contributed by atoms with Crippen LogP contribution in [-0.4, -0.2) is 24.0 Å². The van der Waals surface area contributed by atoms with Gasteiger partial charge < -0.3 is 10.6 Å². The van der Waals surface area contributed by atoms with Gasteiger partial charge in [0.15, 0.2) is 5.82 Å². The van der Waals surface area contributed by atoms with Crippen molar-refractivity contribution in [2.24, 2.45) is 0 Å². The zero-order valence-corrected chi connectivity index (χ0v) is 10.4. The van der Waals surface area contributed by atoms with Gasteiger partial charge in [0, 0.05) is 23.3 Å². The fraction of sp³-hybridized carbons (Fsp3) is 0.143. The molecule has 0 radical (unpaired) electrons. The van der Waals surface area contributed by atoms with Gasteiger partial charge in [-0.1, -0.05) is 5.92 Å². The molecule has 2 aromatic rings. The summed E-state index contributed by atoms with van der Waals surface area (Å²) in [6, 6.07) is 3.46. The molecule has 1 heterocycles. The molecule has 2 N–H and O–H groups in total. The molecule has 0 bridgehead atoms. The average molecular weight is 275 g/mol. The van der Waals surface area contributed by atoms with Gasteiger partial charge in [-0.2, -0.15) is 0 Å². The molecule has 0 saturated carbocycles. The van der Waals surface area contributed by atoms with Crippen LogP contribution in [0, 0.1) is 24.0 Å². The van der Waals surface area contributed by atoms with Crippen molar-refractivity contribution in [2.75, 3.05) is 18.4 Å². The number of terminal acetylenes is 1. The van der Waals surface area contributed by atoms with Crippen molar-refractivity contribution in [3.8, 4) is 12.3 Å². The number of pyridine rings is 1. The number of hydrogen-bond donors (Lipinski definition) is 2. The number of carbonyl (C=O) groups is 1. The molecule has 0 spiro atoms. The Hall–Kier alpha value is -2.68. The first-order valence-corrected chi connectivity index (χ1v) is 5.79. The molecule has 4 nitrogen and oxygen atoms in total. The van der Waals surface area contributed by atoms with E-state index >= 15 is 0 Å². The SMILES string of the molecule is C#CCNC(=O)CNc1ccnc2c(F)cc(F)cc12. The van der Waals surface area contributed by atoms with Gasteiger partial charge in [0.2, 0.25) is 5.91 Å². The van der Waals surface area contributed by atoms with Crippen LogP contribution in [0.3, 0.4) is 0 Å². The third-order valence-corrected chi connectivity index (χ3v) is 2.59. The van der Waals surface area contributed by atoms with Crippen molar-refractivity contribution in [3.05, 3.63) is 36.0 Å². The lowest BCUT2D eigenvalue weighted by Gasteiger charge is -2.09. The van der Waals surface area contributed by atoms with Crippen LogP contribution in [0.2, 0.25) is 0 Å². The maximum absolute atomic E-state index is 13.6. The first kappa shape index (κ1) is 13.7. The Labute approximate surface area is 114 Å². The van der Waals surface area contributed by atoms with Gasteiger partial charge in [-0.25, -0.2) is 8.78 Å². The maximum atomic E-state index is 13.6. The predicted molar refractivity (Wildman–Crippen MR) is 72.0 cm³/mol. The summed E-state index contributed by atoms with van der Waals surface area (Å²) in [5.74, 6) is 0.502. The second-order valence-electron chi connectivity index (χ2n) is 3.98. The van der Waals surface area contributed by atoms with Gasteiger partial charge in [-0.05, 0) is 12.1 Å². The normalized spacial score (nSPS) is 10.1. The van der Waals surface area contributed by atoms with E-state index in [1.165, 1.54) is 12.3 Å². The summed E-state index contributed by atoms with van der Waals surface area (Å²) >= 11 is 0. The number of amides is 1. The summed E-state index contributed by atoms with van der Waals surface area (Å²) in [6.45, 7) is 0.0692. The second kappa shape index (κ2) is 5.97. The van der Waals surface area contributed by atoms with E-state index in [0.717, 1.165) is 12.1 Å². The van der Waals surface area contributed by atoms with Crippen molar-refractivity contribution < 1.29 is 13.6 Å². The van der Waals surface area contributed by atoms with E-state index in [2.05, 4.69) is 21.5 Å². The maximum Gasteiger partial charge on any atom is 0.240 e.